The summed E-state index contributed by atoms with van der Waals surface area (Å²) in [5.41, 5.74) is -0.993. The van der Waals surface area contributed by atoms with Crippen molar-refractivity contribution in [3.8, 4) is 0 Å². The fourth-order valence-corrected chi connectivity index (χ4v) is 1.36. The molecule has 0 radical (unpaired) electrons. The van der Waals surface area contributed by atoms with E-state index in [1.54, 1.807) is 13.8 Å². The van der Waals surface area contributed by atoms with Crippen LogP contribution in [0.3, 0.4) is 0 Å². The minimum Gasteiger partial charge on any atom is -0.449 e. The molecular formula is C10H17ClN2O9. The Morgan fingerprint density at radius 3 is 2.05 bits per heavy atom. The smallest absolute Gasteiger partial charge is 0.315 e. The van der Waals surface area contributed by atoms with Crippen LogP contribution in [0.15, 0.2) is 0 Å². The standard InChI is InChI=1S/C10H17ClN2O9/c1-10(2,9(14)20-7-11)6-19-3-8(4-21-12(15)16)5-22-13(17)18/h8H,3-7H2,1-2H3. The van der Waals surface area contributed by atoms with E-state index in [1.807, 2.05) is 0 Å². The van der Waals surface area contributed by atoms with E-state index in [9.17, 15) is 25.0 Å². The minimum absolute atomic E-state index is 0.0733. The number of carbonyl (C=O) groups is 1. The number of rotatable bonds is 12. The Balaban J connectivity index is 4.32. The minimum atomic E-state index is -1.03. The van der Waals surface area contributed by atoms with Gasteiger partial charge >= 0.3 is 5.97 Å². The summed E-state index contributed by atoms with van der Waals surface area (Å²) < 4.78 is 9.88. The molecule has 128 valence electrons. The van der Waals surface area contributed by atoms with Crippen molar-refractivity contribution in [2.45, 2.75) is 13.8 Å². The maximum Gasteiger partial charge on any atom is 0.315 e. The van der Waals surface area contributed by atoms with Gasteiger partial charge in [0.1, 0.15) is 13.2 Å². The molecule has 0 aliphatic carbocycles. The number of carbonyl (C=O) groups excluding carboxylic acids is 1. The van der Waals surface area contributed by atoms with Gasteiger partial charge in [0.05, 0.1) is 18.6 Å². The first-order chi connectivity index (χ1) is 10.2. The molecule has 0 bridgehead atoms. The highest BCUT2D eigenvalue weighted by Gasteiger charge is 2.30. The largest absolute Gasteiger partial charge is 0.449 e. The van der Waals surface area contributed by atoms with E-state index in [0.29, 0.717) is 0 Å². The van der Waals surface area contributed by atoms with E-state index in [4.69, 9.17) is 16.3 Å². The van der Waals surface area contributed by atoms with Crippen LogP contribution in [0.2, 0.25) is 0 Å². The number of hydrogen-bond acceptors (Lipinski definition) is 9. The summed E-state index contributed by atoms with van der Waals surface area (Å²) in [5.74, 6) is -1.34. The van der Waals surface area contributed by atoms with Gasteiger partial charge in [0.15, 0.2) is 6.07 Å². The normalized spacial score (nSPS) is 11.1. The molecule has 22 heavy (non-hydrogen) atoms. The summed E-state index contributed by atoms with van der Waals surface area (Å²) in [6.07, 6.45) is 0. The molecule has 0 aromatic carbocycles. The molecular weight excluding hydrogens is 328 g/mol. The summed E-state index contributed by atoms with van der Waals surface area (Å²) in [5, 5.41) is 18.2. The Bertz CT molecular complexity index is 373. The third kappa shape index (κ3) is 9.13. The second-order valence-electron chi connectivity index (χ2n) is 4.84. The molecule has 0 saturated heterocycles. The summed E-state index contributed by atoms with van der Waals surface area (Å²) in [7, 11) is 0. The van der Waals surface area contributed by atoms with Crippen molar-refractivity contribution in [1.29, 1.82) is 0 Å². The number of hydrogen-bond donors (Lipinski definition) is 0. The Labute approximate surface area is 130 Å². The van der Waals surface area contributed by atoms with E-state index in [2.05, 4.69) is 14.4 Å². The highest BCUT2D eigenvalue weighted by atomic mass is 35.5. The number of alkyl halides is 1. The molecule has 0 N–H and O–H groups in total. The van der Waals surface area contributed by atoms with E-state index >= 15 is 0 Å². The van der Waals surface area contributed by atoms with Crippen LogP contribution in [0.25, 0.3) is 0 Å². The van der Waals surface area contributed by atoms with E-state index < -0.39 is 40.7 Å². The van der Waals surface area contributed by atoms with E-state index in [-0.39, 0.29) is 19.3 Å². The monoisotopic (exact) mass is 344 g/mol. The molecule has 0 saturated carbocycles. The van der Waals surface area contributed by atoms with Crippen LogP contribution >= 0.6 is 11.6 Å². The first-order valence-corrected chi connectivity index (χ1v) is 6.58. The van der Waals surface area contributed by atoms with Crippen molar-refractivity contribution in [2.24, 2.45) is 11.3 Å². The van der Waals surface area contributed by atoms with Crippen LogP contribution in [0.5, 0.6) is 0 Å². The summed E-state index contributed by atoms with van der Waals surface area (Å²) in [6.45, 7) is 2.02. The Kier molecular flexibility index (Phi) is 9.10. The van der Waals surface area contributed by atoms with Crippen LogP contribution < -0.4 is 0 Å². The Hall–Kier alpha value is -1.88. The second-order valence-corrected chi connectivity index (χ2v) is 5.06. The fraction of sp³-hybridized carbons (Fsp3) is 0.900. The molecule has 12 heteroatoms. The van der Waals surface area contributed by atoms with Crippen LogP contribution in [-0.4, -0.2) is 48.6 Å². The van der Waals surface area contributed by atoms with Gasteiger partial charge in [-0.25, -0.2) is 0 Å². The van der Waals surface area contributed by atoms with Gasteiger partial charge in [-0.2, -0.15) is 0 Å². The van der Waals surface area contributed by atoms with Gasteiger partial charge in [-0.15, -0.1) is 20.2 Å². The lowest BCUT2D eigenvalue weighted by Crippen LogP contribution is -2.33. The first-order valence-electron chi connectivity index (χ1n) is 6.04. The highest BCUT2D eigenvalue weighted by molar-refractivity contribution is 6.17. The lowest BCUT2D eigenvalue weighted by atomic mass is 9.95. The molecule has 0 fully saturated rings. The molecule has 0 amide bonds. The first kappa shape index (κ1) is 20.1. The van der Waals surface area contributed by atoms with Crippen LogP contribution in [0.4, 0.5) is 0 Å². The van der Waals surface area contributed by atoms with Crippen LogP contribution in [0, 0.1) is 31.6 Å². The van der Waals surface area contributed by atoms with Crippen LogP contribution in [-0.2, 0) is 23.9 Å². The third-order valence-electron chi connectivity index (χ3n) is 2.39. The average molecular weight is 345 g/mol. The number of ether oxygens (including phenoxy) is 2. The van der Waals surface area contributed by atoms with Crippen molar-refractivity contribution >= 4 is 17.6 Å². The number of halogens is 1. The maximum absolute atomic E-state index is 11.6. The molecule has 0 aromatic heterocycles. The lowest BCUT2D eigenvalue weighted by Gasteiger charge is -2.23. The second kappa shape index (κ2) is 9.95. The number of nitrogens with zero attached hydrogens (tertiary/aromatic N) is 2. The van der Waals surface area contributed by atoms with Crippen molar-refractivity contribution < 1.29 is 34.1 Å². The zero-order valence-electron chi connectivity index (χ0n) is 12.1. The van der Waals surface area contributed by atoms with Gasteiger partial charge in [0.25, 0.3) is 10.2 Å². The molecule has 0 aliphatic heterocycles. The molecule has 0 rings (SSSR count). The van der Waals surface area contributed by atoms with Crippen LogP contribution in [0.1, 0.15) is 13.8 Å². The predicted molar refractivity (Wildman–Crippen MR) is 70.8 cm³/mol. The quantitative estimate of drug-likeness (QED) is 0.217. The van der Waals surface area contributed by atoms with Gasteiger partial charge in [0.2, 0.25) is 0 Å². The molecule has 0 atom stereocenters. The Morgan fingerprint density at radius 1 is 1.14 bits per heavy atom. The van der Waals surface area contributed by atoms with E-state index in [0.717, 1.165) is 0 Å². The molecule has 0 aromatic rings. The zero-order chi connectivity index (χ0) is 17.2. The van der Waals surface area contributed by atoms with Crippen molar-refractivity contribution in [1.82, 2.24) is 0 Å². The van der Waals surface area contributed by atoms with Gasteiger partial charge in [-0.1, -0.05) is 11.6 Å². The third-order valence-corrected chi connectivity index (χ3v) is 2.50. The average Bonchev–Trinajstić information content (AvgIpc) is 2.40. The van der Waals surface area contributed by atoms with Crippen molar-refractivity contribution in [3.05, 3.63) is 20.2 Å². The van der Waals surface area contributed by atoms with Gasteiger partial charge in [-0.05, 0) is 13.8 Å². The maximum atomic E-state index is 11.6. The van der Waals surface area contributed by atoms with Gasteiger partial charge in [-0.3, -0.25) is 4.79 Å². The topological polar surface area (TPSA) is 140 Å². The predicted octanol–water partition coefficient (Wildman–Crippen LogP) is 0.802. The Morgan fingerprint density at radius 2 is 1.64 bits per heavy atom. The SMILES string of the molecule is CC(C)(COCC(CO[N+](=O)[O-])CO[N+](=O)[O-])C(=O)OCCl. The van der Waals surface area contributed by atoms with E-state index in [1.165, 1.54) is 0 Å². The lowest BCUT2D eigenvalue weighted by molar-refractivity contribution is -0.768. The van der Waals surface area contributed by atoms with Gasteiger partial charge < -0.3 is 19.1 Å². The van der Waals surface area contributed by atoms with Crippen molar-refractivity contribution in [2.75, 3.05) is 32.5 Å². The molecule has 0 heterocycles. The van der Waals surface area contributed by atoms with Crippen molar-refractivity contribution in [3.63, 3.8) is 0 Å². The number of esters is 1. The zero-order valence-corrected chi connectivity index (χ0v) is 12.8. The molecule has 11 nitrogen and oxygen atoms in total. The van der Waals surface area contributed by atoms with Gasteiger partial charge in [0, 0.05) is 5.92 Å². The highest BCUT2D eigenvalue weighted by Crippen LogP contribution is 2.18. The molecule has 0 unspecified atom stereocenters. The summed E-state index contributed by atoms with van der Waals surface area (Å²) in [4.78, 5) is 40.1. The summed E-state index contributed by atoms with van der Waals surface area (Å²) in [6, 6.07) is -0.293. The molecule has 0 aliphatic rings. The summed E-state index contributed by atoms with van der Waals surface area (Å²) >= 11 is 5.28. The fourth-order valence-electron chi connectivity index (χ4n) is 1.26. The molecule has 0 spiro atoms.